The van der Waals surface area contributed by atoms with Gasteiger partial charge in [0.05, 0.1) is 0 Å². The minimum Gasteiger partial charge on any atom is -0.298 e. The molecule has 0 amide bonds. The Morgan fingerprint density at radius 2 is 1.77 bits per heavy atom. The lowest BCUT2D eigenvalue weighted by Crippen LogP contribution is -2.56. The van der Waals surface area contributed by atoms with Gasteiger partial charge in [-0.15, -0.1) is 6.58 Å². The molecule has 76 valence electrons. The first-order valence-electron chi connectivity index (χ1n) is 5.14. The number of hydrogen-bond acceptors (Lipinski definition) is 2. The normalized spacial score (nSPS) is 34.5. The van der Waals surface area contributed by atoms with Gasteiger partial charge in [0.1, 0.15) is 0 Å². The predicted octanol–water partition coefficient (Wildman–Crippen LogP) is 1.59. The van der Waals surface area contributed by atoms with Crippen molar-refractivity contribution in [3.8, 4) is 0 Å². The Morgan fingerprint density at radius 3 is 2.15 bits per heavy atom. The van der Waals surface area contributed by atoms with Crippen LogP contribution in [0.15, 0.2) is 12.7 Å². The second kappa shape index (κ2) is 4.25. The monoisotopic (exact) mass is 182 g/mol. The van der Waals surface area contributed by atoms with Crippen molar-refractivity contribution < 1.29 is 0 Å². The molecule has 0 aromatic heterocycles. The summed E-state index contributed by atoms with van der Waals surface area (Å²) in [5, 5.41) is 0. The molecule has 3 unspecified atom stereocenters. The van der Waals surface area contributed by atoms with Crippen LogP contribution in [-0.2, 0) is 0 Å². The summed E-state index contributed by atoms with van der Waals surface area (Å²) < 4.78 is 0. The van der Waals surface area contributed by atoms with E-state index in [1.807, 2.05) is 6.08 Å². The van der Waals surface area contributed by atoms with Crippen LogP contribution in [0.25, 0.3) is 0 Å². The molecular weight excluding hydrogens is 160 g/mol. The quantitative estimate of drug-likeness (QED) is 0.598. The van der Waals surface area contributed by atoms with Crippen LogP contribution in [0.4, 0.5) is 0 Å². The zero-order valence-electron chi connectivity index (χ0n) is 9.33. The second-order valence-corrected chi connectivity index (χ2v) is 4.29. The number of hydrogen-bond donors (Lipinski definition) is 0. The van der Waals surface area contributed by atoms with Crippen molar-refractivity contribution in [1.29, 1.82) is 0 Å². The molecule has 1 rings (SSSR count). The third kappa shape index (κ3) is 2.32. The van der Waals surface area contributed by atoms with Crippen LogP contribution in [0, 0.1) is 0 Å². The summed E-state index contributed by atoms with van der Waals surface area (Å²) >= 11 is 0. The van der Waals surface area contributed by atoms with Crippen molar-refractivity contribution in [1.82, 2.24) is 9.80 Å². The van der Waals surface area contributed by atoms with Crippen LogP contribution in [-0.4, -0.2) is 48.1 Å². The van der Waals surface area contributed by atoms with E-state index in [9.17, 15) is 0 Å². The molecule has 3 atom stereocenters. The van der Waals surface area contributed by atoms with E-state index >= 15 is 0 Å². The maximum absolute atomic E-state index is 3.85. The molecule has 13 heavy (non-hydrogen) atoms. The highest BCUT2D eigenvalue weighted by atomic mass is 15.3. The van der Waals surface area contributed by atoms with Crippen molar-refractivity contribution in [2.45, 2.75) is 38.9 Å². The standard InChI is InChI=1S/C11H22N2/c1-6-9(2)13-7-10(3)12(5)11(4)8-13/h6,9-11H,1,7-8H2,2-5H3. The molecule has 0 radical (unpaired) electrons. The fraction of sp³-hybridized carbons (Fsp3) is 0.818. The van der Waals surface area contributed by atoms with Gasteiger partial charge in [-0.25, -0.2) is 0 Å². The summed E-state index contributed by atoms with van der Waals surface area (Å²) in [4.78, 5) is 4.95. The second-order valence-electron chi connectivity index (χ2n) is 4.29. The Labute approximate surface area is 82.2 Å². The van der Waals surface area contributed by atoms with Gasteiger partial charge in [-0.3, -0.25) is 9.80 Å². The van der Waals surface area contributed by atoms with Crippen molar-refractivity contribution in [2.24, 2.45) is 0 Å². The number of likely N-dealkylation sites (N-methyl/N-ethyl adjacent to an activating group) is 1. The molecule has 1 aliphatic rings. The van der Waals surface area contributed by atoms with E-state index < -0.39 is 0 Å². The zero-order chi connectivity index (χ0) is 10.0. The molecule has 2 heteroatoms. The number of rotatable bonds is 2. The molecule has 0 aromatic rings. The molecular formula is C11H22N2. The van der Waals surface area contributed by atoms with Crippen molar-refractivity contribution in [3.05, 3.63) is 12.7 Å². The summed E-state index contributed by atoms with van der Waals surface area (Å²) in [7, 11) is 2.21. The summed E-state index contributed by atoms with van der Waals surface area (Å²) in [5.41, 5.74) is 0. The highest BCUT2D eigenvalue weighted by Crippen LogP contribution is 2.15. The van der Waals surface area contributed by atoms with Gasteiger partial charge in [-0.2, -0.15) is 0 Å². The molecule has 1 aliphatic heterocycles. The van der Waals surface area contributed by atoms with Crippen LogP contribution in [0.2, 0.25) is 0 Å². The Kier molecular flexibility index (Phi) is 3.51. The minimum atomic E-state index is 0.513. The molecule has 1 heterocycles. The van der Waals surface area contributed by atoms with Gasteiger partial charge in [-0.05, 0) is 27.8 Å². The first kappa shape index (κ1) is 10.7. The van der Waals surface area contributed by atoms with Crippen molar-refractivity contribution in [3.63, 3.8) is 0 Å². The molecule has 0 aliphatic carbocycles. The van der Waals surface area contributed by atoms with Crippen molar-refractivity contribution in [2.75, 3.05) is 20.1 Å². The lowest BCUT2D eigenvalue weighted by molar-refractivity contribution is 0.0487. The topological polar surface area (TPSA) is 6.48 Å². The Hall–Kier alpha value is -0.340. The summed E-state index contributed by atoms with van der Waals surface area (Å²) in [6.45, 7) is 13.0. The van der Waals surface area contributed by atoms with Crippen molar-refractivity contribution >= 4 is 0 Å². The van der Waals surface area contributed by atoms with Gasteiger partial charge in [0.15, 0.2) is 0 Å². The van der Waals surface area contributed by atoms with Gasteiger partial charge >= 0.3 is 0 Å². The molecule has 1 saturated heterocycles. The fourth-order valence-electron chi connectivity index (χ4n) is 1.93. The highest BCUT2D eigenvalue weighted by molar-refractivity contribution is 4.91. The summed E-state index contributed by atoms with van der Waals surface area (Å²) in [5.74, 6) is 0. The number of nitrogens with zero attached hydrogens (tertiary/aromatic N) is 2. The molecule has 0 N–H and O–H groups in total. The maximum Gasteiger partial charge on any atom is 0.0248 e. The van der Waals surface area contributed by atoms with E-state index in [4.69, 9.17) is 0 Å². The summed E-state index contributed by atoms with van der Waals surface area (Å²) in [6, 6.07) is 1.83. The van der Waals surface area contributed by atoms with Gasteiger partial charge in [-0.1, -0.05) is 6.08 Å². The molecule has 2 nitrogen and oxygen atoms in total. The molecule has 1 fully saturated rings. The van der Waals surface area contributed by atoms with E-state index in [1.54, 1.807) is 0 Å². The van der Waals surface area contributed by atoms with Gasteiger partial charge in [0, 0.05) is 31.2 Å². The van der Waals surface area contributed by atoms with E-state index in [0.29, 0.717) is 18.1 Å². The van der Waals surface area contributed by atoms with E-state index in [1.165, 1.54) is 0 Å². The van der Waals surface area contributed by atoms with Crippen LogP contribution in [0.5, 0.6) is 0 Å². The Bertz CT molecular complexity index is 167. The Morgan fingerprint density at radius 1 is 1.31 bits per heavy atom. The molecule has 0 spiro atoms. The molecule has 0 bridgehead atoms. The number of piperazine rings is 1. The van der Waals surface area contributed by atoms with Crippen LogP contribution in [0.3, 0.4) is 0 Å². The largest absolute Gasteiger partial charge is 0.298 e. The average Bonchev–Trinajstić information content (AvgIpc) is 2.12. The van der Waals surface area contributed by atoms with Gasteiger partial charge in [0.2, 0.25) is 0 Å². The SMILES string of the molecule is C=CC(C)N1CC(C)N(C)C(C)C1. The molecule has 0 saturated carbocycles. The fourth-order valence-corrected chi connectivity index (χ4v) is 1.93. The predicted molar refractivity (Wildman–Crippen MR) is 57.9 cm³/mol. The summed E-state index contributed by atoms with van der Waals surface area (Å²) in [6.07, 6.45) is 2.03. The van der Waals surface area contributed by atoms with Gasteiger partial charge < -0.3 is 0 Å². The lowest BCUT2D eigenvalue weighted by Gasteiger charge is -2.44. The third-order valence-corrected chi connectivity index (χ3v) is 3.31. The Balaban J connectivity index is 2.57. The highest BCUT2D eigenvalue weighted by Gasteiger charge is 2.27. The average molecular weight is 182 g/mol. The van der Waals surface area contributed by atoms with Crippen LogP contribution in [0.1, 0.15) is 20.8 Å². The first-order chi connectivity index (χ1) is 6.06. The smallest absolute Gasteiger partial charge is 0.0248 e. The van der Waals surface area contributed by atoms with E-state index in [-0.39, 0.29) is 0 Å². The van der Waals surface area contributed by atoms with Crippen LogP contribution < -0.4 is 0 Å². The third-order valence-electron chi connectivity index (χ3n) is 3.31. The zero-order valence-corrected chi connectivity index (χ0v) is 9.33. The van der Waals surface area contributed by atoms with E-state index in [2.05, 4.69) is 44.2 Å². The van der Waals surface area contributed by atoms with Crippen LogP contribution >= 0.6 is 0 Å². The maximum atomic E-state index is 3.85. The van der Waals surface area contributed by atoms with E-state index in [0.717, 1.165) is 13.1 Å². The first-order valence-corrected chi connectivity index (χ1v) is 5.14. The lowest BCUT2D eigenvalue weighted by atomic mass is 10.1. The van der Waals surface area contributed by atoms with Gasteiger partial charge in [0.25, 0.3) is 0 Å². The minimum absolute atomic E-state index is 0.513. The molecule has 0 aromatic carbocycles.